The molecule has 0 aromatic heterocycles. The van der Waals surface area contributed by atoms with Crippen molar-refractivity contribution in [3.05, 3.63) is 35.4 Å². The molecule has 1 amide bonds. The standard InChI is InChI=1S/C15H21NO5S/c1-8-3-5-9(6-4-8)14(20)16-11-12(18)10(7-17)21-15(22-2)13(11)19/h3-6,10-13,15,17-19H,7H2,1-2H3,(H,16,20)/t10-,11-,12+,13-,15+/m1/s1. The van der Waals surface area contributed by atoms with Crippen LogP contribution in [-0.4, -0.2) is 63.9 Å². The molecule has 0 spiro atoms. The van der Waals surface area contributed by atoms with Gasteiger partial charge in [-0.3, -0.25) is 4.79 Å². The van der Waals surface area contributed by atoms with Crippen LogP contribution in [0.4, 0.5) is 0 Å². The Kier molecular flexibility index (Phi) is 5.82. The van der Waals surface area contributed by atoms with Crippen LogP contribution in [0.5, 0.6) is 0 Å². The van der Waals surface area contributed by atoms with Crippen molar-refractivity contribution in [2.24, 2.45) is 0 Å². The van der Waals surface area contributed by atoms with Crippen LogP contribution in [-0.2, 0) is 4.74 Å². The van der Waals surface area contributed by atoms with Crippen molar-refractivity contribution in [3.63, 3.8) is 0 Å². The van der Waals surface area contributed by atoms with Gasteiger partial charge in [0.15, 0.2) is 0 Å². The second-order valence-electron chi connectivity index (χ2n) is 5.31. The van der Waals surface area contributed by atoms with Gasteiger partial charge in [-0.2, -0.15) is 0 Å². The molecule has 122 valence electrons. The zero-order valence-corrected chi connectivity index (χ0v) is 13.3. The number of benzene rings is 1. The lowest BCUT2D eigenvalue weighted by Gasteiger charge is -2.42. The van der Waals surface area contributed by atoms with E-state index in [0.717, 1.165) is 5.56 Å². The maximum Gasteiger partial charge on any atom is 0.251 e. The van der Waals surface area contributed by atoms with E-state index in [4.69, 9.17) is 4.74 Å². The Morgan fingerprint density at radius 2 is 1.91 bits per heavy atom. The SMILES string of the molecule is CS[C@@H]1O[C@H](CO)[C@H](O)[C@@H](NC(=O)c2ccc(C)cc2)[C@H]1O. The maximum absolute atomic E-state index is 12.3. The van der Waals surface area contributed by atoms with E-state index in [9.17, 15) is 20.1 Å². The van der Waals surface area contributed by atoms with E-state index in [2.05, 4.69) is 5.32 Å². The number of aliphatic hydroxyl groups excluding tert-OH is 3. The third kappa shape index (κ3) is 3.61. The monoisotopic (exact) mass is 327 g/mol. The van der Waals surface area contributed by atoms with Crippen molar-refractivity contribution in [1.82, 2.24) is 5.32 Å². The van der Waals surface area contributed by atoms with E-state index >= 15 is 0 Å². The van der Waals surface area contributed by atoms with Gasteiger partial charge >= 0.3 is 0 Å². The first-order valence-corrected chi connectivity index (χ1v) is 8.29. The molecule has 0 bridgehead atoms. The van der Waals surface area contributed by atoms with E-state index < -0.39 is 29.8 Å². The number of thioether (sulfide) groups is 1. The molecule has 7 heteroatoms. The van der Waals surface area contributed by atoms with Crippen LogP contribution in [0, 0.1) is 6.92 Å². The fourth-order valence-electron chi connectivity index (χ4n) is 2.39. The third-order valence-electron chi connectivity index (χ3n) is 3.73. The molecule has 1 aromatic rings. The molecular weight excluding hydrogens is 306 g/mol. The summed E-state index contributed by atoms with van der Waals surface area (Å²) in [6.07, 6.45) is -1.34. The Hall–Kier alpha value is -1.12. The summed E-state index contributed by atoms with van der Waals surface area (Å²) < 4.78 is 5.40. The maximum atomic E-state index is 12.3. The lowest BCUT2D eigenvalue weighted by atomic mass is 9.96. The second-order valence-corrected chi connectivity index (χ2v) is 6.24. The lowest BCUT2D eigenvalue weighted by molar-refractivity contribution is -0.164. The summed E-state index contributed by atoms with van der Waals surface area (Å²) in [4.78, 5) is 12.3. The van der Waals surface area contributed by atoms with Gasteiger partial charge in [0.1, 0.15) is 23.7 Å². The number of hydrogen-bond acceptors (Lipinski definition) is 6. The number of aliphatic hydroxyl groups is 3. The quantitative estimate of drug-likeness (QED) is 0.616. The molecule has 1 aliphatic heterocycles. The molecule has 6 nitrogen and oxygen atoms in total. The fourth-order valence-corrected chi connectivity index (χ4v) is 3.09. The molecule has 0 aliphatic carbocycles. The Morgan fingerprint density at radius 3 is 2.45 bits per heavy atom. The predicted molar refractivity (Wildman–Crippen MR) is 83.7 cm³/mol. The average molecular weight is 327 g/mol. The van der Waals surface area contributed by atoms with Gasteiger partial charge in [-0.1, -0.05) is 17.7 Å². The van der Waals surface area contributed by atoms with Crippen molar-refractivity contribution in [2.75, 3.05) is 12.9 Å². The average Bonchev–Trinajstić information content (AvgIpc) is 2.52. The first-order valence-electron chi connectivity index (χ1n) is 7.00. The molecule has 1 aromatic carbocycles. The van der Waals surface area contributed by atoms with Gasteiger partial charge in [-0.15, -0.1) is 11.8 Å². The zero-order valence-electron chi connectivity index (χ0n) is 12.5. The van der Waals surface area contributed by atoms with Crippen LogP contribution >= 0.6 is 11.8 Å². The molecule has 1 saturated heterocycles. The molecule has 2 rings (SSSR count). The first kappa shape index (κ1) is 17.2. The van der Waals surface area contributed by atoms with Crippen LogP contribution in [0.15, 0.2) is 24.3 Å². The highest BCUT2D eigenvalue weighted by Crippen LogP contribution is 2.27. The first-order chi connectivity index (χ1) is 10.5. The van der Waals surface area contributed by atoms with Crippen molar-refractivity contribution in [3.8, 4) is 0 Å². The van der Waals surface area contributed by atoms with Crippen LogP contribution in [0.2, 0.25) is 0 Å². The molecule has 0 saturated carbocycles. The minimum Gasteiger partial charge on any atom is -0.394 e. The molecule has 1 aliphatic rings. The van der Waals surface area contributed by atoms with Crippen LogP contribution in [0.3, 0.4) is 0 Å². The number of nitrogens with one attached hydrogen (secondary N) is 1. The van der Waals surface area contributed by atoms with Crippen LogP contribution in [0.25, 0.3) is 0 Å². The van der Waals surface area contributed by atoms with Gasteiger partial charge in [0.25, 0.3) is 5.91 Å². The van der Waals surface area contributed by atoms with Gasteiger partial charge in [0.2, 0.25) is 0 Å². The van der Waals surface area contributed by atoms with Crippen molar-refractivity contribution >= 4 is 17.7 Å². The molecular formula is C15H21NO5S. The normalized spacial score (nSPS) is 31.8. The van der Waals surface area contributed by atoms with E-state index in [1.807, 2.05) is 19.1 Å². The lowest BCUT2D eigenvalue weighted by Crippen LogP contribution is -2.63. The van der Waals surface area contributed by atoms with Crippen molar-refractivity contribution in [2.45, 2.75) is 36.7 Å². The summed E-state index contributed by atoms with van der Waals surface area (Å²) in [5.41, 5.74) is 0.854. The van der Waals surface area contributed by atoms with Gasteiger partial charge in [0.05, 0.1) is 12.6 Å². The highest BCUT2D eigenvalue weighted by molar-refractivity contribution is 7.99. The number of carbonyl (C=O) groups is 1. The van der Waals surface area contributed by atoms with E-state index in [0.29, 0.717) is 5.56 Å². The number of carbonyl (C=O) groups excluding carboxylic acids is 1. The van der Waals surface area contributed by atoms with Crippen molar-refractivity contribution in [1.29, 1.82) is 0 Å². The minimum absolute atomic E-state index is 0.387. The highest BCUT2D eigenvalue weighted by Gasteiger charge is 2.44. The number of rotatable bonds is 4. The number of aryl methyl sites for hydroxylation is 1. The molecule has 0 unspecified atom stereocenters. The Bertz CT molecular complexity index is 493. The number of hydrogen-bond donors (Lipinski definition) is 4. The van der Waals surface area contributed by atoms with E-state index in [1.54, 1.807) is 18.4 Å². The van der Waals surface area contributed by atoms with Crippen LogP contribution < -0.4 is 5.32 Å². The summed E-state index contributed by atoms with van der Waals surface area (Å²) in [7, 11) is 0. The topological polar surface area (TPSA) is 99.0 Å². The van der Waals surface area contributed by atoms with E-state index in [-0.39, 0.29) is 12.5 Å². The summed E-state index contributed by atoms with van der Waals surface area (Å²) in [5.74, 6) is -0.387. The predicted octanol–water partition coefficient (Wildman–Crippen LogP) is -0.105. The molecule has 1 heterocycles. The van der Waals surface area contributed by atoms with Gasteiger partial charge in [0, 0.05) is 5.56 Å². The summed E-state index contributed by atoms with van der Waals surface area (Å²) in [6.45, 7) is 1.53. The molecule has 1 fully saturated rings. The van der Waals surface area contributed by atoms with Gasteiger partial charge in [-0.25, -0.2) is 0 Å². The molecule has 0 radical (unpaired) electrons. The molecule has 5 atom stereocenters. The van der Waals surface area contributed by atoms with Gasteiger partial charge < -0.3 is 25.4 Å². The van der Waals surface area contributed by atoms with Crippen molar-refractivity contribution < 1.29 is 24.9 Å². The smallest absolute Gasteiger partial charge is 0.251 e. The van der Waals surface area contributed by atoms with Gasteiger partial charge in [-0.05, 0) is 25.3 Å². The molecule has 4 N–H and O–H groups in total. The minimum atomic E-state index is -1.18. The Labute approximate surface area is 133 Å². The highest BCUT2D eigenvalue weighted by atomic mass is 32.2. The largest absolute Gasteiger partial charge is 0.394 e. The van der Waals surface area contributed by atoms with Crippen LogP contribution in [0.1, 0.15) is 15.9 Å². The van der Waals surface area contributed by atoms with E-state index in [1.165, 1.54) is 11.8 Å². The molecule has 22 heavy (non-hydrogen) atoms. The third-order valence-corrected chi connectivity index (χ3v) is 4.58. The number of ether oxygens (including phenoxy) is 1. The second kappa shape index (κ2) is 7.43. The Morgan fingerprint density at radius 1 is 1.27 bits per heavy atom. The zero-order chi connectivity index (χ0) is 16.3. The number of amides is 1. The summed E-state index contributed by atoms with van der Waals surface area (Å²) in [6, 6.07) is 6.08. The summed E-state index contributed by atoms with van der Waals surface area (Å²) in [5, 5.41) is 32.3. The summed E-state index contributed by atoms with van der Waals surface area (Å²) >= 11 is 1.26. The Balaban J connectivity index is 2.14. The fraction of sp³-hybridized carbons (Fsp3) is 0.533.